The van der Waals surface area contributed by atoms with Gasteiger partial charge in [0.15, 0.2) is 0 Å². The minimum Gasteiger partial charge on any atom is -0.383 e. The molecule has 31 heavy (non-hydrogen) atoms. The van der Waals surface area contributed by atoms with Gasteiger partial charge < -0.3 is 4.74 Å². The second-order valence-corrected chi connectivity index (χ2v) is 8.19. The zero-order valence-corrected chi connectivity index (χ0v) is 18.8. The lowest BCUT2D eigenvalue weighted by molar-refractivity contribution is 0.121. The summed E-state index contributed by atoms with van der Waals surface area (Å²) in [6, 6.07) is 16.4. The van der Waals surface area contributed by atoms with Crippen molar-refractivity contribution in [2.45, 2.75) is 33.9 Å². The van der Waals surface area contributed by atoms with E-state index < -0.39 is 0 Å². The minimum absolute atomic E-state index is 0.0313. The molecule has 6 heteroatoms. The van der Waals surface area contributed by atoms with Crippen LogP contribution in [0.25, 0.3) is 0 Å². The summed E-state index contributed by atoms with van der Waals surface area (Å²) in [5, 5.41) is 0. The molecule has 0 amide bonds. The quantitative estimate of drug-likeness (QED) is 0.610. The summed E-state index contributed by atoms with van der Waals surface area (Å²) in [6.07, 6.45) is 0.584. The summed E-state index contributed by atoms with van der Waals surface area (Å²) in [7, 11) is 1.70. The molecular weight excluding hydrogens is 388 g/mol. The monoisotopic (exact) mass is 418 g/mol. The lowest BCUT2D eigenvalue weighted by Gasteiger charge is -2.39. The van der Waals surface area contributed by atoms with Crippen molar-refractivity contribution in [3.63, 3.8) is 0 Å². The predicted molar refractivity (Wildman–Crippen MR) is 124 cm³/mol. The molecule has 0 bridgehead atoms. The third-order valence-electron chi connectivity index (χ3n) is 6.08. The van der Waals surface area contributed by atoms with Crippen molar-refractivity contribution in [3.8, 4) is 0 Å². The van der Waals surface area contributed by atoms with Gasteiger partial charge in [0.05, 0.1) is 25.6 Å². The predicted octanol–water partition coefficient (Wildman–Crippen LogP) is 3.77. The number of rotatable bonds is 6. The third kappa shape index (κ3) is 4.27. The van der Waals surface area contributed by atoms with Gasteiger partial charge in [-0.05, 0) is 43.5 Å². The second-order valence-electron chi connectivity index (χ2n) is 8.19. The van der Waals surface area contributed by atoms with Gasteiger partial charge in [0.25, 0.3) is 5.56 Å². The number of aromatic nitrogens is 2. The lowest BCUT2D eigenvalue weighted by Crippen LogP contribution is -2.49. The van der Waals surface area contributed by atoms with Crippen LogP contribution in [-0.4, -0.2) is 41.4 Å². The Hall–Kier alpha value is -2.96. The van der Waals surface area contributed by atoms with Crippen molar-refractivity contribution < 1.29 is 4.74 Å². The standard InChI is InChI=1S/C25H30N4O2/c1-18-9-8-12-23(19(18)2)28-16-27(13-14-31-4)17-29-24(30)22(20(3)26-25(28)29)15-21-10-6-5-7-11-21/h5-12H,13-17H2,1-4H3. The normalized spacial score (nSPS) is 14.0. The highest BCUT2D eigenvalue weighted by molar-refractivity contribution is 5.64. The maximum atomic E-state index is 13.6. The topological polar surface area (TPSA) is 50.6 Å². The SMILES string of the molecule is COCCN1CN(c2cccc(C)c2C)c2nc(C)c(Cc3ccccc3)c(=O)n2C1. The highest BCUT2D eigenvalue weighted by atomic mass is 16.5. The van der Waals surface area contributed by atoms with Gasteiger partial charge in [-0.15, -0.1) is 0 Å². The Morgan fingerprint density at radius 3 is 2.52 bits per heavy atom. The average molecular weight is 419 g/mol. The molecule has 1 aliphatic heterocycles. The maximum Gasteiger partial charge on any atom is 0.259 e. The molecule has 0 radical (unpaired) electrons. The van der Waals surface area contributed by atoms with Crippen molar-refractivity contribution in [1.82, 2.24) is 14.5 Å². The van der Waals surface area contributed by atoms with Crippen molar-refractivity contribution in [2.24, 2.45) is 0 Å². The van der Waals surface area contributed by atoms with Crippen LogP contribution in [0.3, 0.4) is 0 Å². The Morgan fingerprint density at radius 2 is 1.77 bits per heavy atom. The molecule has 3 aromatic rings. The second kappa shape index (κ2) is 9.04. The molecule has 0 spiro atoms. The fourth-order valence-corrected chi connectivity index (χ4v) is 4.11. The van der Waals surface area contributed by atoms with Crippen LogP contribution in [-0.2, 0) is 17.8 Å². The molecule has 0 atom stereocenters. The molecule has 1 aliphatic rings. The smallest absolute Gasteiger partial charge is 0.259 e. The third-order valence-corrected chi connectivity index (χ3v) is 6.08. The molecular formula is C25H30N4O2. The van der Waals surface area contributed by atoms with Gasteiger partial charge >= 0.3 is 0 Å². The summed E-state index contributed by atoms with van der Waals surface area (Å²) in [6.45, 7) is 8.70. The van der Waals surface area contributed by atoms with Crippen LogP contribution in [0.5, 0.6) is 0 Å². The van der Waals surface area contributed by atoms with Gasteiger partial charge in [-0.25, -0.2) is 4.98 Å². The molecule has 162 valence electrons. The summed E-state index contributed by atoms with van der Waals surface area (Å²) in [5.74, 6) is 0.710. The van der Waals surface area contributed by atoms with Crippen LogP contribution in [0.1, 0.15) is 27.9 Å². The number of ether oxygens (including phenoxy) is 1. The molecule has 4 rings (SSSR count). The number of aryl methyl sites for hydroxylation is 2. The number of nitrogens with zero attached hydrogens (tertiary/aromatic N) is 4. The van der Waals surface area contributed by atoms with Crippen molar-refractivity contribution in [1.29, 1.82) is 0 Å². The number of hydrogen-bond acceptors (Lipinski definition) is 5. The largest absolute Gasteiger partial charge is 0.383 e. The molecule has 2 heterocycles. The van der Waals surface area contributed by atoms with E-state index in [1.54, 1.807) is 7.11 Å². The molecule has 2 aromatic carbocycles. The average Bonchev–Trinajstić information content (AvgIpc) is 2.78. The van der Waals surface area contributed by atoms with Gasteiger partial charge in [-0.1, -0.05) is 42.5 Å². The number of fused-ring (bicyclic) bond motifs is 1. The molecule has 0 N–H and O–H groups in total. The van der Waals surface area contributed by atoms with Crippen molar-refractivity contribution in [2.75, 3.05) is 31.8 Å². The van der Waals surface area contributed by atoms with Crippen molar-refractivity contribution in [3.05, 3.63) is 86.8 Å². The first-order valence-corrected chi connectivity index (χ1v) is 10.7. The van der Waals surface area contributed by atoms with E-state index in [4.69, 9.17) is 9.72 Å². The van der Waals surface area contributed by atoms with Crippen LogP contribution in [0.4, 0.5) is 11.6 Å². The number of methoxy groups -OCH3 is 1. The number of hydrogen-bond donors (Lipinski definition) is 0. The highest BCUT2D eigenvalue weighted by Crippen LogP contribution is 2.31. The Morgan fingerprint density at radius 1 is 1.00 bits per heavy atom. The highest BCUT2D eigenvalue weighted by Gasteiger charge is 2.28. The molecule has 0 unspecified atom stereocenters. The number of benzene rings is 2. The summed E-state index contributed by atoms with van der Waals surface area (Å²) in [5.41, 5.74) is 6.19. The first-order chi connectivity index (χ1) is 15.0. The lowest BCUT2D eigenvalue weighted by atomic mass is 10.0. The van der Waals surface area contributed by atoms with Gasteiger partial charge in [0, 0.05) is 31.3 Å². The Bertz CT molecular complexity index is 1120. The van der Waals surface area contributed by atoms with Crippen LogP contribution in [0.15, 0.2) is 53.3 Å². The van der Waals surface area contributed by atoms with E-state index in [2.05, 4.69) is 54.0 Å². The molecule has 1 aromatic heterocycles. The zero-order valence-electron chi connectivity index (χ0n) is 18.8. The van der Waals surface area contributed by atoms with Gasteiger partial charge in [-0.2, -0.15) is 0 Å². The van der Waals surface area contributed by atoms with Crippen LogP contribution >= 0.6 is 0 Å². The summed E-state index contributed by atoms with van der Waals surface area (Å²) >= 11 is 0. The Balaban J connectivity index is 1.82. The van der Waals surface area contributed by atoms with Gasteiger partial charge in [0.2, 0.25) is 5.95 Å². The Kier molecular flexibility index (Phi) is 6.20. The maximum absolute atomic E-state index is 13.6. The van der Waals surface area contributed by atoms with E-state index in [1.807, 2.05) is 29.7 Å². The van der Waals surface area contributed by atoms with E-state index in [-0.39, 0.29) is 5.56 Å². The Labute approximate surface area is 183 Å². The summed E-state index contributed by atoms with van der Waals surface area (Å²) < 4.78 is 7.12. The molecule has 0 fully saturated rings. The molecule has 6 nitrogen and oxygen atoms in total. The van der Waals surface area contributed by atoms with E-state index in [9.17, 15) is 4.79 Å². The molecule has 0 saturated carbocycles. The van der Waals surface area contributed by atoms with Gasteiger partial charge in [0.1, 0.15) is 0 Å². The molecule has 0 saturated heterocycles. The minimum atomic E-state index is 0.0313. The van der Waals surface area contributed by atoms with E-state index in [0.717, 1.165) is 29.1 Å². The first-order valence-electron chi connectivity index (χ1n) is 10.7. The zero-order chi connectivity index (χ0) is 22.0. The fraction of sp³-hybridized carbons (Fsp3) is 0.360. The van der Waals surface area contributed by atoms with Gasteiger partial charge in [-0.3, -0.25) is 19.2 Å². The number of anilines is 2. The fourth-order valence-electron chi connectivity index (χ4n) is 4.11. The first kappa shape index (κ1) is 21.3. The van der Waals surface area contributed by atoms with E-state index in [0.29, 0.717) is 32.3 Å². The van der Waals surface area contributed by atoms with Crippen molar-refractivity contribution >= 4 is 11.6 Å². The van der Waals surface area contributed by atoms with E-state index in [1.165, 1.54) is 11.1 Å². The van der Waals surface area contributed by atoms with Crippen LogP contribution in [0, 0.1) is 20.8 Å². The van der Waals surface area contributed by atoms with Crippen LogP contribution in [0.2, 0.25) is 0 Å². The summed E-state index contributed by atoms with van der Waals surface area (Å²) in [4.78, 5) is 23.0. The van der Waals surface area contributed by atoms with Crippen LogP contribution < -0.4 is 10.5 Å². The molecule has 0 aliphatic carbocycles. The van der Waals surface area contributed by atoms with E-state index >= 15 is 0 Å².